The van der Waals surface area contributed by atoms with Crippen LogP contribution in [0.4, 0.5) is 11.6 Å². The Kier molecular flexibility index (Phi) is 3.38. The van der Waals surface area contributed by atoms with Crippen LogP contribution in [0.3, 0.4) is 0 Å². The number of hydrogen-bond acceptors (Lipinski definition) is 6. The van der Waals surface area contributed by atoms with E-state index in [0.29, 0.717) is 10.7 Å². The van der Waals surface area contributed by atoms with Crippen LogP contribution in [0.15, 0.2) is 33.2 Å². The van der Waals surface area contributed by atoms with Crippen molar-refractivity contribution in [3.63, 3.8) is 0 Å². The third kappa shape index (κ3) is 2.49. The summed E-state index contributed by atoms with van der Waals surface area (Å²) < 4.78 is 29.6. The van der Waals surface area contributed by atoms with E-state index in [1.807, 2.05) is 0 Å². The largest absolute Gasteiger partial charge is 0.381 e. The maximum Gasteiger partial charge on any atom is 0.282 e. The van der Waals surface area contributed by atoms with Gasteiger partial charge in [0, 0.05) is 16.0 Å². The van der Waals surface area contributed by atoms with Crippen molar-refractivity contribution in [1.82, 2.24) is 14.4 Å². The van der Waals surface area contributed by atoms with Gasteiger partial charge in [0.1, 0.15) is 5.82 Å². The minimum Gasteiger partial charge on any atom is -0.381 e. The van der Waals surface area contributed by atoms with E-state index in [4.69, 9.17) is 5.73 Å². The van der Waals surface area contributed by atoms with Gasteiger partial charge in [-0.2, -0.15) is 8.42 Å². The lowest BCUT2D eigenvalue weighted by Gasteiger charge is -2.08. The van der Waals surface area contributed by atoms with Crippen LogP contribution in [0.25, 0.3) is 4.96 Å². The minimum atomic E-state index is -3.87. The number of aromatic nitrogens is 3. The summed E-state index contributed by atoms with van der Waals surface area (Å²) in [5.41, 5.74) is 6.40. The van der Waals surface area contributed by atoms with Crippen molar-refractivity contribution in [2.45, 2.75) is 11.9 Å². The van der Waals surface area contributed by atoms with Crippen LogP contribution in [-0.4, -0.2) is 22.8 Å². The molecule has 7 nitrogen and oxygen atoms in total. The molecule has 3 N–H and O–H groups in total. The molecule has 10 heteroatoms. The van der Waals surface area contributed by atoms with Crippen molar-refractivity contribution < 1.29 is 8.42 Å². The molecule has 0 fully saturated rings. The Morgan fingerprint density at radius 1 is 1.38 bits per heavy atom. The molecular weight excluding hydrogens is 378 g/mol. The monoisotopic (exact) mass is 387 g/mol. The number of sulfonamides is 1. The second kappa shape index (κ2) is 4.97. The van der Waals surface area contributed by atoms with E-state index in [2.05, 4.69) is 30.6 Å². The molecule has 3 heterocycles. The molecule has 3 rings (SSSR count). The zero-order chi connectivity index (χ0) is 15.2. The molecule has 0 bridgehead atoms. The summed E-state index contributed by atoms with van der Waals surface area (Å²) in [6.07, 6.45) is 1.61. The van der Waals surface area contributed by atoms with Gasteiger partial charge in [-0.1, -0.05) is 0 Å². The third-order valence-electron chi connectivity index (χ3n) is 2.76. The van der Waals surface area contributed by atoms with Crippen molar-refractivity contribution >= 4 is 53.9 Å². The van der Waals surface area contributed by atoms with Gasteiger partial charge in [0.15, 0.2) is 10.8 Å². The summed E-state index contributed by atoms with van der Waals surface area (Å²) in [6.45, 7) is 1.77. The first-order valence-corrected chi connectivity index (χ1v) is 8.91. The molecule has 0 aliphatic carbocycles. The summed E-state index contributed by atoms with van der Waals surface area (Å²) in [5.74, 6) is 0.184. The highest BCUT2D eigenvalue weighted by molar-refractivity contribution is 9.10. The van der Waals surface area contributed by atoms with Gasteiger partial charge in [0.25, 0.3) is 10.0 Å². The summed E-state index contributed by atoms with van der Waals surface area (Å²) in [4.78, 5) is 8.71. The first-order valence-electron chi connectivity index (χ1n) is 5.75. The molecule has 0 aliphatic heterocycles. The van der Waals surface area contributed by atoms with Crippen LogP contribution in [0.5, 0.6) is 0 Å². The fourth-order valence-corrected chi connectivity index (χ4v) is 4.05. The van der Waals surface area contributed by atoms with Gasteiger partial charge >= 0.3 is 0 Å². The van der Waals surface area contributed by atoms with Gasteiger partial charge in [-0.15, -0.1) is 11.3 Å². The zero-order valence-corrected chi connectivity index (χ0v) is 14.0. The van der Waals surface area contributed by atoms with Crippen molar-refractivity contribution in [1.29, 1.82) is 0 Å². The second-order valence-electron chi connectivity index (χ2n) is 4.23. The highest BCUT2D eigenvalue weighted by atomic mass is 79.9. The van der Waals surface area contributed by atoms with E-state index in [-0.39, 0.29) is 16.7 Å². The second-order valence-corrected chi connectivity index (χ2v) is 7.55. The molecule has 0 saturated carbocycles. The Hall–Kier alpha value is -1.65. The number of nitrogen functional groups attached to an aromatic ring is 1. The molecule has 0 saturated heterocycles. The lowest BCUT2D eigenvalue weighted by atomic mass is 10.4. The summed E-state index contributed by atoms with van der Waals surface area (Å²) in [5, 5.41) is 1.66. The zero-order valence-electron chi connectivity index (χ0n) is 10.7. The van der Waals surface area contributed by atoms with Gasteiger partial charge in [0.05, 0.1) is 5.69 Å². The van der Waals surface area contributed by atoms with Crippen LogP contribution < -0.4 is 10.5 Å². The van der Waals surface area contributed by atoms with Crippen LogP contribution in [0, 0.1) is 6.92 Å². The van der Waals surface area contributed by atoms with Crippen molar-refractivity contribution in [2.75, 3.05) is 10.5 Å². The molecule has 0 aromatic carbocycles. The van der Waals surface area contributed by atoms with E-state index in [1.54, 1.807) is 30.6 Å². The summed E-state index contributed by atoms with van der Waals surface area (Å²) >= 11 is 4.62. The van der Waals surface area contributed by atoms with Crippen molar-refractivity contribution in [3.8, 4) is 0 Å². The minimum absolute atomic E-state index is 0.0387. The molecule has 0 unspecified atom stereocenters. The average molecular weight is 388 g/mol. The lowest BCUT2D eigenvalue weighted by molar-refractivity contribution is 0.597. The summed E-state index contributed by atoms with van der Waals surface area (Å²) in [6, 6.07) is 3.29. The van der Waals surface area contributed by atoms with Gasteiger partial charge < -0.3 is 5.73 Å². The molecule has 0 amide bonds. The number of nitrogens with zero attached hydrogens (tertiary/aromatic N) is 3. The molecule has 3 aromatic heterocycles. The molecule has 0 atom stereocenters. The number of aryl methyl sites for hydroxylation is 1. The average Bonchev–Trinajstić information content (AvgIpc) is 2.92. The van der Waals surface area contributed by atoms with Crippen LogP contribution in [0.1, 0.15) is 5.69 Å². The SMILES string of the molecule is Cc1nc(NS(=O)(=O)c2c(N)nc3sccn23)ccc1Br. The highest BCUT2D eigenvalue weighted by Gasteiger charge is 2.25. The summed E-state index contributed by atoms with van der Waals surface area (Å²) in [7, 11) is -3.87. The van der Waals surface area contributed by atoms with Gasteiger partial charge in [-0.25, -0.2) is 9.97 Å². The van der Waals surface area contributed by atoms with Gasteiger partial charge in [-0.05, 0) is 35.0 Å². The quantitative estimate of drug-likeness (QED) is 0.717. The lowest BCUT2D eigenvalue weighted by Crippen LogP contribution is -2.17. The predicted octanol–water partition coefficient (Wildman–Crippen LogP) is 2.24. The first-order chi connectivity index (χ1) is 9.88. The molecule has 110 valence electrons. The fraction of sp³-hybridized carbons (Fsp3) is 0.0909. The van der Waals surface area contributed by atoms with E-state index in [1.165, 1.54) is 15.7 Å². The Bertz CT molecular complexity index is 931. The van der Waals surface area contributed by atoms with Crippen LogP contribution >= 0.6 is 27.3 Å². The van der Waals surface area contributed by atoms with E-state index >= 15 is 0 Å². The van der Waals surface area contributed by atoms with E-state index < -0.39 is 10.0 Å². The Balaban J connectivity index is 2.06. The Labute approximate surface area is 133 Å². The third-order valence-corrected chi connectivity index (χ3v) is 5.75. The maximum absolute atomic E-state index is 12.5. The fourth-order valence-electron chi connectivity index (χ4n) is 1.84. The molecule has 0 aliphatic rings. The van der Waals surface area contributed by atoms with Crippen molar-refractivity contribution in [3.05, 3.63) is 33.9 Å². The topological polar surface area (TPSA) is 102 Å². The number of rotatable bonds is 3. The number of nitrogens with one attached hydrogen (secondary N) is 1. The normalized spacial score (nSPS) is 11.9. The molecule has 3 aromatic rings. The van der Waals surface area contributed by atoms with E-state index in [0.717, 1.165) is 4.47 Å². The predicted molar refractivity (Wildman–Crippen MR) is 85.0 cm³/mol. The molecular formula is C11H10BrN5O2S2. The number of nitrogens with two attached hydrogens (primary N) is 1. The maximum atomic E-state index is 12.5. The van der Waals surface area contributed by atoms with E-state index in [9.17, 15) is 8.42 Å². The number of hydrogen-bond donors (Lipinski definition) is 2. The highest BCUT2D eigenvalue weighted by Crippen LogP contribution is 2.25. The van der Waals surface area contributed by atoms with Crippen molar-refractivity contribution in [2.24, 2.45) is 0 Å². The smallest absolute Gasteiger partial charge is 0.282 e. The number of thiazole rings is 1. The molecule has 0 radical (unpaired) electrons. The number of halogens is 1. The van der Waals surface area contributed by atoms with Gasteiger partial charge in [-0.3, -0.25) is 9.12 Å². The van der Waals surface area contributed by atoms with Crippen LogP contribution in [0.2, 0.25) is 0 Å². The number of imidazole rings is 1. The van der Waals surface area contributed by atoms with Crippen LogP contribution in [-0.2, 0) is 10.0 Å². The molecule has 0 spiro atoms. The number of anilines is 2. The Morgan fingerprint density at radius 3 is 2.86 bits per heavy atom. The first kappa shape index (κ1) is 14.3. The molecule has 21 heavy (non-hydrogen) atoms. The van der Waals surface area contributed by atoms with Gasteiger partial charge in [0.2, 0.25) is 5.03 Å². The number of pyridine rings is 1. The standard InChI is InChI=1S/C11H10BrN5O2S2/c1-6-7(12)2-3-8(14-6)16-21(18,19)10-9(13)15-11-17(10)4-5-20-11/h2-5H,13H2,1H3,(H,14,16). The Morgan fingerprint density at radius 2 is 2.14 bits per heavy atom. The number of fused-ring (bicyclic) bond motifs is 1.